The largest absolute Gasteiger partial charge is 0.360 e. The predicted molar refractivity (Wildman–Crippen MR) is 100 cm³/mol. The summed E-state index contributed by atoms with van der Waals surface area (Å²) in [6.07, 6.45) is 4.81. The molecule has 0 fully saturated rings. The molecule has 1 aromatic carbocycles. The van der Waals surface area contributed by atoms with Crippen molar-refractivity contribution in [2.75, 3.05) is 13.1 Å². The molecule has 3 heterocycles. The molecular formula is C19H21N3O3S. The molecule has 0 unspecified atom stereocenters. The smallest absolute Gasteiger partial charge is 0.248 e. The van der Waals surface area contributed by atoms with Crippen LogP contribution in [0, 0.1) is 13.8 Å². The van der Waals surface area contributed by atoms with Crippen LogP contribution in [0.3, 0.4) is 0 Å². The summed E-state index contributed by atoms with van der Waals surface area (Å²) in [5, 5.41) is 4.98. The Morgan fingerprint density at radius 3 is 2.62 bits per heavy atom. The molecule has 26 heavy (non-hydrogen) atoms. The fourth-order valence-electron chi connectivity index (χ4n) is 3.68. The van der Waals surface area contributed by atoms with Gasteiger partial charge in [-0.3, -0.25) is 0 Å². The molecule has 0 amide bonds. The van der Waals surface area contributed by atoms with Crippen LogP contribution in [0.4, 0.5) is 0 Å². The molecule has 0 aliphatic carbocycles. The molecule has 3 aromatic rings. The van der Waals surface area contributed by atoms with E-state index >= 15 is 0 Å². The molecule has 0 spiro atoms. The minimum atomic E-state index is -3.60. The van der Waals surface area contributed by atoms with Crippen molar-refractivity contribution < 1.29 is 12.9 Å². The summed E-state index contributed by atoms with van der Waals surface area (Å²) in [5.41, 5.74) is 3.95. The second kappa shape index (κ2) is 6.10. The molecule has 1 aliphatic rings. The van der Waals surface area contributed by atoms with Gasteiger partial charge in [0.25, 0.3) is 0 Å². The number of hydrogen-bond donors (Lipinski definition) is 0. The number of sulfonamides is 1. The van der Waals surface area contributed by atoms with Crippen molar-refractivity contribution in [3.63, 3.8) is 0 Å². The Labute approximate surface area is 152 Å². The molecule has 4 rings (SSSR count). The Morgan fingerprint density at radius 2 is 1.96 bits per heavy atom. The standard InChI is InChI=1S/C19H21N3O3S/c1-13-19(14(2)25-20-13)26(23,24)22-10-8-15(9-11-22)17-12-21(3)18-7-5-4-6-16(17)18/h4-8,12H,9-11H2,1-3H3. The first-order valence-electron chi connectivity index (χ1n) is 8.56. The van der Waals surface area contributed by atoms with Crippen molar-refractivity contribution in [3.05, 3.63) is 53.6 Å². The molecule has 0 atom stereocenters. The van der Waals surface area contributed by atoms with E-state index in [9.17, 15) is 8.42 Å². The number of aryl methyl sites for hydroxylation is 3. The maximum Gasteiger partial charge on any atom is 0.248 e. The van der Waals surface area contributed by atoms with E-state index in [2.05, 4.69) is 28.1 Å². The summed E-state index contributed by atoms with van der Waals surface area (Å²) in [7, 11) is -1.56. The number of benzene rings is 1. The summed E-state index contributed by atoms with van der Waals surface area (Å²) in [4.78, 5) is 0.194. The van der Waals surface area contributed by atoms with Gasteiger partial charge in [-0.05, 0) is 31.9 Å². The van der Waals surface area contributed by atoms with Gasteiger partial charge in [-0.2, -0.15) is 4.31 Å². The van der Waals surface area contributed by atoms with Gasteiger partial charge >= 0.3 is 0 Å². The number of nitrogens with zero attached hydrogens (tertiary/aromatic N) is 3. The monoisotopic (exact) mass is 371 g/mol. The lowest BCUT2D eigenvalue weighted by atomic mass is 10.00. The zero-order valence-electron chi connectivity index (χ0n) is 15.1. The Balaban J connectivity index is 1.66. The minimum Gasteiger partial charge on any atom is -0.360 e. The molecule has 6 nitrogen and oxygen atoms in total. The van der Waals surface area contributed by atoms with Crippen LogP contribution in [-0.4, -0.2) is 35.5 Å². The topological polar surface area (TPSA) is 68.3 Å². The van der Waals surface area contributed by atoms with E-state index in [0.29, 0.717) is 31.0 Å². The van der Waals surface area contributed by atoms with Crippen molar-refractivity contribution in [2.45, 2.75) is 25.2 Å². The summed E-state index contributed by atoms with van der Waals surface area (Å²) >= 11 is 0. The molecular weight excluding hydrogens is 350 g/mol. The number of para-hydroxylation sites is 1. The number of rotatable bonds is 3. The van der Waals surface area contributed by atoms with Crippen LogP contribution < -0.4 is 0 Å². The van der Waals surface area contributed by atoms with E-state index in [0.717, 1.165) is 0 Å². The summed E-state index contributed by atoms with van der Waals surface area (Å²) in [5.74, 6) is 0.339. The Morgan fingerprint density at radius 1 is 1.19 bits per heavy atom. The first kappa shape index (κ1) is 17.1. The molecule has 136 valence electrons. The van der Waals surface area contributed by atoms with Gasteiger partial charge in [-0.1, -0.05) is 29.4 Å². The van der Waals surface area contributed by atoms with Gasteiger partial charge in [0.2, 0.25) is 10.0 Å². The highest BCUT2D eigenvalue weighted by Gasteiger charge is 2.32. The van der Waals surface area contributed by atoms with Crippen LogP contribution >= 0.6 is 0 Å². The van der Waals surface area contributed by atoms with E-state index in [4.69, 9.17) is 4.52 Å². The Kier molecular flexibility index (Phi) is 4.00. The molecule has 2 aromatic heterocycles. The summed E-state index contributed by atoms with van der Waals surface area (Å²) < 4.78 is 34.5. The Bertz CT molecular complexity index is 1100. The second-order valence-corrected chi connectivity index (χ2v) is 8.54. The van der Waals surface area contributed by atoms with Crippen LogP contribution in [0.25, 0.3) is 16.5 Å². The SMILES string of the molecule is Cc1noc(C)c1S(=O)(=O)N1CC=C(c2cn(C)c3ccccc23)CC1. The van der Waals surface area contributed by atoms with Crippen LogP contribution in [0.1, 0.15) is 23.4 Å². The summed E-state index contributed by atoms with van der Waals surface area (Å²) in [6, 6.07) is 8.26. The van der Waals surface area contributed by atoms with Gasteiger partial charge < -0.3 is 9.09 Å². The van der Waals surface area contributed by atoms with Crippen molar-refractivity contribution in [1.82, 2.24) is 14.0 Å². The molecule has 0 saturated carbocycles. The van der Waals surface area contributed by atoms with Gasteiger partial charge in [0.05, 0.1) is 0 Å². The first-order chi connectivity index (χ1) is 12.4. The highest BCUT2D eigenvalue weighted by Crippen LogP contribution is 2.32. The van der Waals surface area contributed by atoms with Gasteiger partial charge in [0.1, 0.15) is 10.6 Å². The number of aromatic nitrogens is 2. The zero-order chi connectivity index (χ0) is 18.5. The van der Waals surface area contributed by atoms with Crippen molar-refractivity contribution in [1.29, 1.82) is 0 Å². The average molecular weight is 371 g/mol. The molecule has 0 N–H and O–H groups in total. The summed E-state index contributed by atoms with van der Waals surface area (Å²) in [6.45, 7) is 4.09. The van der Waals surface area contributed by atoms with Crippen LogP contribution in [0.2, 0.25) is 0 Å². The van der Waals surface area contributed by atoms with E-state index in [1.165, 1.54) is 26.3 Å². The van der Waals surface area contributed by atoms with E-state index in [-0.39, 0.29) is 4.90 Å². The molecule has 0 radical (unpaired) electrons. The van der Waals surface area contributed by atoms with E-state index < -0.39 is 10.0 Å². The number of hydrogen-bond acceptors (Lipinski definition) is 4. The minimum absolute atomic E-state index is 0.194. The maximum atomic E-state index is 12.9. The first-order valence-corrected chi connectivity index (χ1v) is 10.00. The molecule has 1 aliphatic heterocycles. The van der Waals surface area contributed by atoms with E-state index in [1.54, 1.807) is 13.8 Å². The third-order valence-corrected chi connectivity index (χ3v) is 7.09. The molecule has 0 bridgehead atoms. The lowest BCUT2D eigenvalue weighted by Gasteiger charge is -2.25. The second-order valence-electron chi connectivity index (χ2n) is 6.67. The normalized spacial score (nSPS) is 16.2. The zero-order valence-corrected chi connectivity index (χ0v) is 15.9. The predicted octanol–water partition coefficient (Wildman–Crippen LogP) is 3.26. The Hall–Kier alpha value is -2.38. The van der Waals surface area contributed by atoms with Gasteiger partial charge in [0, 0.05) is 42.8 Å². The molecule has 0 saturated heterocycles. The van der Waals surface area contributed by atoms with Crippen LogP contribution in [-0.2, 0) is 17.1 Å². The van der Waals surface area contributed by atoms with Crippen molar-refractivity contribution >= 4 is 26.5 Å². The van der Waals surface area contributed by atoms with Crippen molar-refractivity contribution in [3.8, 4) is 0 Å². The van der Waals surface area contributed by atoms with Gasteiger partial charge in [-0.25, -0.2) is 8.42 Å². The third kappa shape index (κ3) is 2.59. The lowest BCUT2D eigenvalue weighted by molar-refractivity contribution is 0.389. The highest BCUT2D eigenvalue weighted by molar-refractivity contribution is 7.89. The van der Waals surface area contributed by atoms with Gasteiger partial charge in [0.15, 0.2) is 5.76 Å². The third-order valence-electron chi connectivity index (χ3n) is 4.98. The van der Waals surface area contributed by atoms with Crippen LogP contribution in [0.5, 0.6) is 0 Å². The fourth-order valence-corrected chi connectivity index (χ4v) is 5.35. The average Bonchev–Trinajstić information content (AvgIpc) is 3.15. The van der Waals surface area contributed by atoms with Crippen molar-refractivity contribution in [2.24, 2.45) is 7.05 Å². The highest BCUT2D eigenvalue weighted by atomic mass is 32.2. The lowest BCUT2D eigenvalue weighted by Crippen LogP contribution is -2.35. The molecule has 7 heteroatoms. The fraction of sp³-hybridized carbons (Fsp3) is 0.316. The number of fused-ring (bicyclic) bond motifs is 1. The van der Waals surface area contributed by atoms with Crippen LogP contribution in [0.15, 0.2) is 46.0 Å². The van der Waals surface area contributed by atoms with E-state index in [1.807, 2.05) is 25.3 Å². The quantitative estimate of drug-likeness (QED) is 0.709. The maximum absolute atomic E-state index is 12.9. The van der Waals surface area contributed by atoms with Gasteiger partial charge in [-0.15, -0.1) is 0 Å².